The zero-order chi connectivity index (χ0) is 32.2. The first kappa shape index (κ1) is 29.4. The van der Waals surface area contributed by atoms with Crippen LogP contribution in [0.4, 0.5) is 0 Å². The minimum Gasteiger partial charge on any atom is -0.492 e. The molecular formula is C36H26N2O8. The van der Waals surface area contributed by atoms with Crippen molar-refractivity contribution in [1.82, 2.24) is 9.46 Å². The molecular weight excluding hydrogens is 588 g/mol. The third kappa shape index (κ3) is 5.90. The molecule has 228 valence electrons. The summed E-state index contributed by atoms with van der Waals surface area (Å²) in [6.45, 7) is 0. The Morgan fingerprint density at radius 3 is 0.935 bits per heavy atom. The fourth-order valence-corrected chi connectivity index (χ4v) is 4.93. The normalized spacial score (nSPS) is 11.5. The number of hydrogen-bond acceptors (Lipinski definition) is 8. The fourth-order valence-electron chi connectivity index (χ4n) is 4.93. The quantitative estimate of drug-likeness (QED) is 0.161. The van der Waals surface area contributed by atoms with E-state index in [4.69, 9.17) is 9.68 Å². The summed E-state index contributed by atoms with van der Waals surface area (Å²) in [4.78, 5) is 35.9. The van der Waals surface area contributed by atoms with Gasteiger partial charge in [-0.3, -0.25) is 0 Å². The molecule has 6 aromatic rings. The van der Waals surface area contributed by atoms with Gasteiger partial charge in [0.1, 0.15) is 0 Å². The number of benzene rings is 4. The van der Waals surface area contributed by atoms with Gasteiger partial charge in [-0.2, -0.15) is 0 Å². The minimum atomic E-state index is -0.786. The average Bonchev–Trinajstić information content (AvgIpc) is 3.58. The number of aromatic hydroxyl groups is 4. The molecule has 0 aliphatic heterocycles. The zero-order valence-electron chi connectivity index (χ0n) is 24.0. The molecule has 0 saturated carbocycles. The fraction of sp³-hybridized carbons (Fsp3) is 0. The molecule has 10 heteroatoms. The molecule has 0 unspecified atom stereocenters. The minimum absolute atomic E-state index is 0.188. The second-order valence-electron chi connectivity index (χ2n) is 10.1. The summed E-state index contributed by atoms with van der Waals surface area (Å²) in [5, 5.41) is 39.4. The van der Waals surface area contributed by atoms with Gasteiger partial charge in [-0.25, -0.2) is 9.59 Å². The van der Waals surface area contributed by atoms with Crippen molar-refractivity contribution in [3.05, 3.63) is 167 Å². The largest absolute Gasteiger partial charge is 0.492 e. The van der Waals surface area contributed by atoms with Crippen LogP contribution < -0.4 is 9.68 Å². The van der Waals surface area contributed by atoms with Gasteiger partial charge in [0.05, 0.1) is 11.1 Å². The van der Waals surface area contributed by atoms with E-state index >= 15 is 0 Å². The van der Waals surface area contributed by atoms with Gasteiger partial charge in [-0.15, -0.1) is 9.46 Å². The monoisotopic (exact) mass is 614 g/mol. The lowest BCUT2D eigenvalue weighted by Crippen LogP contribution is -2.19. The van der Waals surface area contributed by atoms with E-state index in [2.05, 4.69) is 0 Å². The van der Waals surface area contributed by atoms with Crippen LogP contribution in [0, 0.1) is 0 Å². The predicted molar refractivity (Wildman–Crippen MR) is 168 cm³/mol. The first-order valence-electron chi connectivity index (χ1n) is 14.0. The topological polar surface area (TPSA) is 143 Å². The average molecular weight is 615 g/mol. The van der Waals surface area contributed by atoms with E-state index < -0.39 is 35.5 Å². The van der Waals surface area contributed by atoms with Gasteiger partial charge < -0.3 is 30.1 Å². The zero-order valence-corrected chi connectivity index (χ0v) is 24.0. The maximum absolute atomic E-state index is 12.8. The Labute approximate surface area is 262 Å². The summed E-state index contributed by atoms with van der Waals surface area (Å²) < 4.78 is 1.25. The second kappa shape index (κ2) is 12.5. The van der Waals surface area contributed by atoms with Gasteiger partial charge in [0.15, 0.2) is 0 Å². The van der Waals surface area contributed by atoms with E-state index in [9.17, 15) is 30.0 Å². The van der Waals surface area contributed by atoms with E-state index in [0.717, 1.165) is 33.4 Å². The number of rotatable bonds is 8. The molecule has 0 saturated heterocycles. The van der Waals surface area contributed by atoms with Crippen molar-refractivity contribution in [2.24, 2.45) is 0 Å². The first-order valence-corrected chi connectivity index (χ1v) is 14.0. The number of carbonyl (C=O) groups excluding carboxylic acids is 2. The molecule has 0 amide bonds. The molecule has 4 aromatic carbocycles. The van der Waals surface area contributed by atoms with Crippen LogP contribution in [0.25, 0.3) is 11.1 Å². The highest BCUT2D eigenvalue weighted by molar-refractivity contribution is 6.05. The summed E-state index contributed by atoms with van der Waals surface area (Å²) in [5.74, 6) is -3.28. The summed E-state index contributed by atoms with van der Waals surface area (Å²) in [6, 6.07) is 37.6. The summed E-state index contributed by atoms with van der Waals surface area (Å²) >= 11 is 0. The summed E-state index contributed by atoms with van der Waals surface area (Å²) in [6.07, 6.45) is 0. The van der Waals surface area contributed by atoms with Gasteiger partial charge >= 0.3 is 11.9 Å². The van der Waals surface area contributed by atoms with E-state index in [1.807, 2.05) is 60.7 Å². The molecule has 0 aliphatic rings. The van der Waals surface area contributed by atoms with Crippen LogP contribution in [-0.4, -0.2) is 41.8 Å². The molecule has 0 radical (unpaired) electrons. The van der Waals surface area contributed by atoms with E-state index in [-0.39, 0.29) is 11.1 Å². The standard InChI is InChI=1S/C36H26N2O8/c39-29-19-20-30(40)37(29)45-35(43)27-15-11-25(12-16-27)33(23-7-3-1-4-8-23)34(24-9-5-2-6-10-24)26-13-17-28(18-14-26)36(44)46-38-31(41)21-22-32(38)42/h1-22,39-42H. The van der Waals surface area contributed by atoms with Crippen molar-refractivity contribution < 1.29 is 39.7 Å². The highest BCUT2D eigenvalue weighted by atomic mass is 16.7. The van der Waals surface area contributed by atoms with Crippen LogP contribution in [-0.2, 0) is 0 Å². The van der Waals surface area contributed by atoms with Crippen molar-refractivity contribution in [2.75, 3.05) is 0 Å². The highest BCUT2D eigenvalue weighted by Gasteiger charge is 2.20. The third-order valence-corrected chi connectivity index (χ3v) is 7.14. The van der Waals surface area contributed by atoms with E-state index in [1.165, 1.54) is 24.3 Å². The van der Waals surface area contributed by atoms with Crippen LogP contribution in [0.1, 0.15) is 43.0 Å². The lowest BCUT2D eigenvalue weighted by molar-refractivity contribution is 0.0376. The molecule has 0 bridgehead atoms. The molecule has 10 nitrogen and oxygen atoms in total. The smallest absolute Gasteiger partial charge is 0.363 e. The van der Waals surface area contributed by atoms with Gasteiger partial charge in [0.25, 0.3) is 0 Å². The molecule has 0 fully saturated rings. The van der Waals surface area contributed by atoms with Crippen molar-refractivity contribution in [1.29, 1.82) is 0 Å². The van der Waals surface area contributed by atoms with Gasteiger partial charge in [-0.05, 0) is 57.7 Å². The predicted octanol–water partition coefficient (Wildman–Crippen LogP) is 5.66. The number of carbonyl (C=O) groups is 2. The van der Waals surface area contributed by atoms with Crippen LogP contribution in [0.15, 0.2) is 133 Å². The molecule has 2 aromatic heterocycles. The van der Waals surface area contributed by atoms with Gasteiger partial charge in [-0.1, -0.05) is 84.9 Å². The summed E-state index contributed by atoms with van der Waals surface area (Å²) in [7, 11) is 0. The maximum atomic E-state index is 12.8. The van der Waals surface area contributed by atoms with Crippen LogP contribution in [0.2, 0.25) is 0 Å². The number of aromatic nitrogens is 2. The van der Waals surface area contributed by atoms with Gasteiger partial charge in [0, 0.05) is 24.3 Å². The molecule has 4 N–H and O–H groups in total. The lowest BCUT2D eigenvalue weighted by atomic mass is 9.85. The third-order valence-electron chi connectivity index (χ3n) is 7.14. The number of nitrogens with zero attached hydrogens (tertiary/aromatic N) is 2. The molecule has 6 rings (SSSR count). The van der Waals surface area contributed by atoms with Crippen LogP contribution in [0.5, 0.6) is 23.5 Å². The SMILES string of the molecule is O=C(On1c(O)ccc1O)c1ccc(C(=C(c2ccccc2)c2ccc(C(=O)On3c(O)ccc3O)cc2)c2ccccc2)cc1. The Morgan fingerprint density at radius 1 is 0.370 bits per heavy atom. The van der Waals surface area contributed by atoms with Gasteiger partial charge in [0.2, 0.25) is 23.5 Å². The van der Waals surface area contributed by atoms with Crippen LogP contribution >= 0.6 is 0 Å². The van der Waals surface area contributed by atoms with Crippen molar-refractivity contribution in [3.8, 4) is 23.5 Å². The lowest BCUT2D eigenvalue weighted by Gasteiger charge is -2.18. The van der Waals surface area contributed by atoms with Crippen molar-refractivity contribution in [3.63, 3.8) is 0 Å². The Hall–Kier alpha value is -6.68. The molecule has 2 heterocycles. The molecule has 0 atom stereocenters. The summed E-state index contributed by atoms with van der Waals surface area (Å²) in [5.41, 5.74) is 5.38. The second-order valence-corrected chi connectivity index (χ2v) is 10.1. The van der Waals surface area contributed by atoms with Crippen molar-refractivity contribution >= 4 is 23.1 Å². The Bertz CT molecular complexity index is 1860. The highest BCUT2D eigenvalue weighted by Crippen LogP contribution is 2.37. The van der Waals surface area contributed by atoms with Crippen molar-refractivity contribution in [2.45, 2.75) is 0 Å². The van der Waals surface area contributed by atoms with Crippen LogP contribution in [0.3, 0.4) is 0 Å². The first-order chi connectivity index (χ1) is 22.3. The molecule has 0 aliphatic carbocycles. The van der Waals surface area contributed by atoms with E-state index in [0.29, 0.717) is 9.46 Å². The Balaban J connectivity index is 1.42. The maximum Gasteiger partial charge on any atom is 0.363 e. The Morgan fingerprint density at radius 2 is 0.630 bits per heavy atom. The Kier molecular flexibility index (Phi) is 7.99. The molecule has 46 heavy (non-hydrogen) atoms. The number of hydrogen-bond donors (Lipinski definition) is 4. The van der Waals surface area contributed by atoms with E-state index in [1.54, 1.807) is 48.5 Å². The molecule has 0 spiro atoms.